The first kappa shape index (κ1) is 105. The van der Waals surface area contributed by atoms with Crippen molar-refractivity contribution in [1.29, 1.82) is 5.41 Å². The average molecular weight is 1750 g/mol. The molecule has 692 valence electrons. The Labute approximate surface area is 730 Å². The van der Waals surface area contributed by atoms with Crippen LogP contribution in [0.15, 0.2) is 84.9 Å². The number of unbranched alkanes of at least 4 members (excludes halogenated alkanes) is 1. The summed E-state index contributed by atoms with van der Waals surface area (Å²) in [6, 6.07) is 5.25. The van der Waals surface area contributed by atoms with Crippen LogP contribution >= 0.6 is 0 Å². The van der Waals surface area contributed by atoms with Crippen LogP contribution in [0.4, 0.5) is 0 Å². The highest BCUT2D eigenvalue weighted by Crippen LogP contribution is 2.24. The van der Waals surface area contributed by atoms with Gasteiger partial charge in [-0.2, -0.15) is 0 Å². The third kappa shape index (κ3) is 37.2. The fraction of sp³-hybridized carbons (Fsp3) is 0.593. The third-order valence-corrected chi connectivity index (χ3v) is 21.3. The monoisotopic (exact) mass is 1750 g/mol. The summed E-state index contributed by atoms with van der Waals surface area (Å²) in [6.07, 6.45) is -2.56. The van der Waals surface area contributed by atoms with Crippen LogP contribution in [0.1, 0.15) is 169 Å². The van der Waals surface area contributed by atoms with Gasteiger partial charge in [0.05, 0.1) is 33.8 Å². The first-order valence-electron chi connectivity index (χ1n) is 42.7. The minimum atomic E-state index is -1.89. The Morgan fingerprint density at radius 2 is 0.944 bits per heavy atom. The number of hydrogen-bond donors (Lipinski definition) is 20. The predicted octanol–water partition coefficient (Wildman–Crippen LogP) is -3.22. The fourth-order valence-corrected chi connectivity index (χ4v) is 14.0. The second-order valence-electron chi connectivity index (χ2n) is 34.0. The lowest BCUT2D eigenvalue weighted by molar-refractivity contribution is -0.886. The van der Waals surface area contributed by atoms with Gasteiger partial charge in [0.2, 0.25) is 82.7 Å². The third-order valence-electron chi connectivity index (χ3n) is 21.3. The highest BCUT2D eigenvalue weighted by atomic mass is 16.4. The van der Waals surface area contributed by atoms with Crippen molar-refractivity contribution < 1.29 is 96.5 Å². The van der Waals surface area contributed by atoms with Gasteiger partial charge in [-0.3, -0.25) is 77.3 Å². The van der Waals surface area contributed by atoms with Crippen LogP contribution in [0.25, 0.3) is 0 Å². The van der Waals surface area contributed by atoms with E-state index in [0.717, 1.165) is 12.5 Å². The molecule has 0 bridgehead atoms. The molecule has 3 aromatic carbocycles. The molecule has 39 heteroatoms. The minimum Gasteiger partial charge on any atom is -0.550 e. The summed E-state index contributed by atoms with van der Waals surface area (Å²) < 4.78 is 0.251. The Balaban J connectivity index is 1.59. The van der Waals surface area contributed by atoms with E-state index in [9.17, 15) is 92.0 Å². The van der Waals surface area contributed by atoms with Crippen LogP contribution in [0.3, 0.4) is 0 Å². The standard InChI is InChI=1S/C86H134N20O19/c1-13-51(8)71(103-81(121)65-30-23-41-105(65)85(125)70(50(6)7)102-82(122)66(106(10,11)12)46-54-26-18-15-19-27-54)83(123)101-64(44-53-24-16-14-17-25-53)80(120)104-72(52(9)107)84(124)100-63(45-55-31-33-56(108)34-32-55)74(114)93-47-68(110)94-59(36-38-69(111)112)76(116)99-62(43-49(4)5)79(119)97-60(35-37-67(88)109)77(117)96-58(29-22-40-92-86(90)91)75(115)98-61(42-48(2)3)78(118)95-57(73(89)113)28-20-21-39-87/h14-19,24-27,31-34,48-52,57-66,70-72,107H,13,20-23,28-30,35-47,87H2,1-12H3,(H21-,88,89,90,91,92,93,94,95,96,97,98,99,100,101,102,103,104,108,109,110,111,112,113,114,115,116,117,118,119,120,121,122,123,124). The van der Waals surface area contributed by atoms with Crippen molar-refractivity contribution in [3.8, 4) is 5.75 Å². The number of aliphatic hydroxyl groups excluding tert-OH is 1. The number of amides is 15. The number of likely N-dealkylation sites (tertiary alicyclic amines) is 1. The zero-order valence-corrected chi connectivity index (χ0v) is 73.9. The van der Waals surface area contributed by atoms with Gasteiger partial charge in [-0.05, 0) is 143 Å². The van der Waals surface area contributed by atoms with Gasteiger partial charge in [0, 0.05) is 44.7 Å². The molecule has 0 radical (unpaired) electrons. The number of aromatic hydroxyl groups is 1. The number of carbonyl (C=O) groups is 16. The van der Waals surface area contributed by atoms with Crippen LogP contribution < -0.4 is 97.2 Å². The van der Waals surface area contributed by atoms with Crippen molar-refractivity contribution in [2.75, 3.05) is 47.3 Å². The topological polar surface area (TPSA) is 624 Å². The number of nitrogens with zero attached hydrogens (tertiary/aromatic N) is 2. The van der Waals surface area contributed by atoms with E-state index in [4.69, 9.17) is 28.3 Å². The van der Waals surface area contributed by atoms with Crippen molar-refractivity contribution in [2.45, 2.75) is 256 Å². The van der Waals surface area contributed by atoms with E-state index in [-0.39, 0.29) is 86.5 Å². The summed E-state index contributed by atoms with van der Waals surface area (Å²) in [5, 5.41) is 74.8. The SMILES string of the molecule is CCC(C)C(NC(=O)C1CCCN1C(=O)C(NC(=O)C(Cc1ccccc1)[N+](C)(C)C)C(C)C)C(=O)NC(Cc1ccccc1)C(=O)NC(C(=O)NC(Cc1ccc(O)cc1)C(=O)NCC(=O)NC(CCC(=O)[O-])C(=O)NC(CC(C)C)C(=O)NC(CCC(N)=O)C(=O)NC(CCCNC(=N)N)C(=O)NC(CC(C)C)C(=O)NC(CCCCN)C(N)=O)C(C)O. The maximum absolute atomic E-state index is 14.8. The van der Waals surface area contributed by atoms with E-state index in [1.165, 1.54) is 29.2 Å². The number of phenolic OH excluding ortho intramolecular Hbond substituents is 1. The van der Waals surface area contributed by atoms with Gasteiger partial charge in [-0.1, -0.05) is 135 Å². The quantitative estimate of drug-likeness (QED) is 0.0114. The molecule has 39 nitrogen and oxygen atoms in total. The molecule has 15 unspecified atom stereocenters. The van der Waals surface area contributed by atoms with Gasteiger partial charge in [0.25, 0.3) is 5.91 Å². The first-order chi connectivity index (χ1) is 58.8. The van der Waals surface area contributed by atoms with Crippen LogP contribution in [-0.2, 0) is 96.0 Å². The molecule has 1 aliphatic rings. The normalized spacial score (nSPS) is 16.0. The molecule has 0 spiro atoms. The number of hydrogen-bond acceptors (Lipinski definition) is 21. The number of carbonyl (C=O) groups excluding carboxylic acids is 16. The molecule has 4 rings (SSSR count). The number of nitrogens with one attached hydrogen (secondary N) is 14. The van der Waals surface area contributed by atoms with Gasteiger partial charge in [-0.15, -0.1) is 0 Å². The number of quaternary nitrogens is 1. The molecular formula is C86H134N20O19. The number of benzene rings is 3. The molecule has 125 heavy (non-hydrogen) atoms. The van der Waals surface area contributed by atoms with Gasteiger partial charge in [-0.25, -0.2) is 0 Å². The lowest BCUT2D eigenvalue weighted by Crippen LogP contribution is -2.63. The van der Waals surface area contributed by atoms with E-state index >= 15 is 0 Å². The number of rotatable bonds is 55. The van der Waals surface area contributed by atoms with Crippen LogP contribution in [0.5, 0.6) is 5.75 Å². The number of carboxylic acids is 1. The average Bonchev–Trinajstić information content (AvgIpc) is 1.72. The van der Waals surface area contributed by atoms with E-state index in [2.05, 4.69) is 69.1 Å². The Hall–Kier alpha value is -11.9. The zero-order chi connectivity index (χ0) is 93.5. The molecule has 24 N–H and O–H groups in total. The number of aliphatic hydroxyl groups is 1. The number of carboxylic acid groups (broad SMARTS) is 1. The van der Waals surface area contributed by atoms with Crippen molar-refractivity contribution >= 4 is 101 Å². The Kier molecular flexibility index (Phi) is 44.5. The number of phenols is 1. The minimum absolute atomic E-state index is 0.0254. The summed E-state index contributed by atoms with van der Waals surface area (Å²) in [5.74, 6) is -17.2. The molecule has 0 aliphatic carbocycles. The van der Waals surface area contributed by atoms with E-state index in [1.54, 1.807) is 85.7 Å². The Morgan fingerprint density at radius 3 is 1.42 bits per heavy atom. The number of likely N-dealkylation sites (N-methyl/N-ethyl adjacent to an activating group) is 1. The fourth-order valence-electron chi connectivity index (χ4n) is 14.0. The smallest absolute Gasteiger partial charge is 0.279 e. The first-order valence-corrected chi connectivity index (χ1v) is 42.7. The molecule has 1 saturated heterocycles. The summed E-state index contributed by atoms with van der Waals surface area (Å²) in [6.45, 7) is 14.6. The molecular weight excluding hydrogens is 1620 g/mol. The summed E-state index contributed by atoms with van der Waals surface area (Å²) in [4.78, 5) is 226. The van der Waals surface area contributed by atoms with E-state index in [0.29, 0.717) is 49.8 Å². The largest absolute Gasteiger partial charge is 0.550 e. The number of primary amides is 2. The summed E-state index contributed by atoms with van der Waals surface area (Å²) >= 11 is 0. The molecule has 0 saturated carbocycles. The van der Waals surface area contributed by atoms with E-state index < -0.39 is 229 Å². The number of aliphatic carboxylic acids is 1. The lowest BCUT2D eigenvalue weighted by Gasteiger charge is -2.36. The molecule has 15 amide bonds. The van der Waals surface area contributed by atoms with E-state index in [1.807, 2.05) is 51.5 Å². The molecule has 1 aliphatic heterocycles. The maximum Gasteiger partial charge on any atom is 0.279 e. The maximum atomic E-state index is 14.8. The second kappa shape index (κ2) is 52.7. The van der Waals surface area contributed by atoms with Crippen molar-refractivity contribution in [3.05, 3.63) is 102 Å². The van der Waals surface area contributed by atoms with Gasteiger partial charge in [0.1, 0.15) is 78.3 Å². The van der Waals surface area contributed by atoms with Gasteiger partial charge in [0.15, 0.2) is 12.0 Å². The van der Waals surface area contributed by atoms with Crippen LogP contribution in [-0.4, -0.2) is 252 Å². The Morgan fingerprint density at radius 1 is 0.496 bits per heavy atom. The van der Waals surface area contributed by atoms with Gasteiger partial charge < -0.3 is 122 Å². The Bertz CT molecular complexity index is 4110. The molecule has 1 heterocycles. The molecule has 3 aromatic rings. The molecule has 15 atom stereocenters. The lowest BCUT2D eigenvalue weighted by atomic mass is 9.96. The summed E-state index contributed by atoms with van der Waals surface area (Å²) in [7, 11) is 5.67. The number of guanidine groups is 1. The number of nitrogens with two attached hydrogens (primary N) is 4. The van der Waals surface area contributed by atoms with Gasteiger partial charge >= 0.3 is 0 Å². The van der Waals surface area contributed by atoms with Crippen LogP contribution in [0, 0.1) is 29.1 Å². The van der Waals surface area contributed by atoms with Crippen molar-refractivity contribution in [2.24, 2.45) is 46.6 Å². The molecule has 1 fully saturated rings. The van der Waals surface area contributed by atoms with Crippen LogP contribution in [0.2, 0.25) is 0 Å². The molecule has 0 aromatic heterocycles. The zero-order valence-electron chi connectivity index (χ0n) is 73.9. The summed E-state index contributed by atoms with van der Waals surface area (Å²) in [5.41, 5.74) is 24.0. The second-order valence-corrected chi connectivity index (χ2v) is 34.0. The highest BCUT2D eigenvalue weighted by molar-refractivity contribution is 6.00. The predicted molar refractivity (Wildman–Crippen MR) is 462 cm³/mol. The highest BCUT2D eigenvalue weighted by Gasteiger charge is 2.44. The van der Waals surface area contributed by atoms with Crippen molar-refractivity contribution in [3.63, 3.8) is 0 Å². The van der Waals surface area contributed by atoms with Crippen molar-refractivity contribution in [1.82, 2.24) is 74.0 Å².